The molecule has 0 spiro atoms. The third-order valence-corrected chi connectivity index (χ3v) is 3.75. The van der Waals surface area contributed by atoms with Crippen molar-refractivity contribution in [2.75, 3.05) is 0 Å². The Hall–Kier alpha value is -3.49. The van der Waals surface area contributed by atoms with Crippen LogP contribution in [0.15, 0.2) is 65.0 Å². The van der Waals surface area contributed by atoms with Gasteiger partial charge in [0.05, 0.1) is 11.7 Å². The number of hydrogen-bond donors (Lipinski definition) is 0. The van der Waals surface area contributed by atoms with E-state index in [9.17, 15) is 17.6 Å². The average Bonchev–Trinajstić information content (AvgIpc) is 3.08. The van der Waals surface area contributed by atoms with Crippen LogP contribution >= 0.6 is 0 Å². The van der Waals surface area contributed by atoms with E-state index in [1.807, 2.05) is 0 Å². The van der Waals surface area contributed by atoms with Crippen LogP contribution in [-0.4, -0.2) is 22.1 Å². The number of benzene rings is 1. The number of rotatable bonds is 3. The minimum absolute atomic E-state index is 0.135. The first kappa shape index (κ1) is 19.3. The molecule has 9 heteroatoms. The molecule has 28 heavy (non-hydrogen) atoms. The number of fused-ring (bicyclic) bond motifs is 1. The van der Waals surface area contributed by atoms with Gasteiger partial charge >= 0.3 is 12.2 Å². The summed E-state index contributed by atoms with van der Waals surface area (Å²) in [6, 6.07) is 8.43. The van der Waals surface area contributed by atoms with E-state index in [2.05, 4.69) is 21.7 Å². The highest BCUT2D eigenvalue weighted by atomic mass is 19.4. The topological polar surface area (TPSA) is 51.2 Å². The van der Waals surface area contributed by atoms with E-state index in [-0.39, 0.29) is 11.8 Å². The van der Waals surface area contributed by atoms with Crippen molar-refractivity contribution in [2.45, 2.75) is 13.1 Å². The van der Waals surface area contributed by atoms with Crippen LogP contribution in [0.5, 0.6) is 5.75 Å². The number of imidazole rings is 1. The van der Waals surface area contributed by atoms with Crippen LogP contribution in [0, 0.1) is 5.82 Å². The molecule has 5 nitrogen and oxygen atoms in total. The monoisotopic (exact) mass is 390 g/mol. The molecule has 0 saturated heterocycles. The fourth-order valence-corrected chi connectivity index (χ4v) is 2.40. The fourth-order valence-electron chi connectivity index (χ4n) is 2.40. The highest BCUT2D eigenvalue weighted by Gasteiger charge is 2.35. The second-order valence-corrected chi connectivity index (χ2v) is 5.73. The number of aliphatic imine (C=N–C) groups is 2. The minimum atomic E-state index is -4.57. The summed E-state index contributed by atoms with van der Waals surface area (Å²) in [4.78, 5) is 11.1. The molecule has 0 N–H and O–H groups in total. The smallest absolute Gasteiger partial charge is 0.424 e. The van der Waals surface area contributed by atoms with Gasteiger partial charge in [-0.2, -0.15) is 13.2 Å². The van der Waals surface area contributed by atoms with Crippen LogP contribution in [0.1, 0.15) is 18.3 Å². The summed E-state index contributed by atoms with van der Waals surface area (Å²) in [5.74, 6) is -1.31. The molecular formula is C19H14F4N4O. The number of alkyl halides is 3. The molecule has 0 aliphatic carbocycles. The first-order valence-corrected chi connectivity index (χ1v) is 7.97. The number of amidine groups is 1. The molecule has 0 amide bonds. The highest BCUT2D eigenvalue weighted by molar-refractivity contribution is 5.82. The predicted octanol–water partition coefficient (Wildman–Crippen LogP) is 4.99. The molecule has 2 aromatic heterocycles. The zero-order valence-corrected chi connectivity index (χ0v) is 14.6. The zero-order chi connectivity index (χ0) is 20.3. The number of nitrogens with zero attached hydrogens (tertiary/aromatic N) is 4. The maximum Gasteiger partial charge on any atom is 0.450 e. The molecule has 0 radical (unpaired) electrons. The van der Waals surface area contributed by atoms with Crippen molar-refractivity contribution in [2.24, 2.45) is 9.98 Å². The van der Waals surface area contributed by atoms with E-state index in [4.69, 9.17) is 4.74 Å². The van der Waals surface area contributed by atoms with Gasteiger partial charge < -0.3 is 4.74 Å². The normalized spacial score (nSPS) is 13.0. The number of allylic oxidation sites excluding steroid dienone is 1. The highest BCUT2D eigenvalue weighted by Crippen LogP contribution is 2.29. The number of halogens is 4. The molecule has 3 aromatic rings. The van der Waals surface area contributed by atoms with Gasteiger partial charge in [0.25, 0.3) is 0 Å². The standard InChI is InChI=1S/C19H14F4N4O/c1-12(9-26-18(24-2)28-16-5-3-4-14(20)8-16)13-6-7-15-10-25-17(19(21,22)23)27(15)11-13/h3-11H,2H2,1H3/b12-9+,26-18?. The Morgan fingerprint density at radius 2 is 2.04 bits per heavy atom. The van der Waals surface area contributed by atoms with Gasteiger partial charge in [0.2, 0.25) is 5.82 Å². The fraction of sp³-hybridized carbons (Fsp3) is 0.105. The Kier molecular flexibility index (Phi) is 5.25. The van der Waals surface area contributed by atoms with E-state index in [1.54, 1.807) is 13.0 Å². The largest absolute Gasteiger partial charge is 0.450 e. The lowest BCUT2D eigenvalue weighted by atomic mass is 10.1. The average molecular weight is 390 g/mol. The van der Waals surface area contributed by atoms with Crippen molar-refractivity contribution >= 4 is 23.8 Å². The predicted molar refractivity (Wildman–Crippen MR) is 97.9 cm³/mol. The van der Waals surface area contributed by atoms with Gasteiger partial charge in [-0.15, -0.1) is 0 Å². The van der Waals surface area contributed by atoms with E-state index in [0.717, 1.165) is 16.7 Å². The third-order valence-electron chi connectivity index (χ3n) is 3.75. The van der Waals surface area contributed by atoms with Gasteiger partial charge in [-0.25, -0.2) is 19.4 Å². The Labute approximate surface area is 157 Å². The minimum Gasteiger partial charge on any atom is -0.424 e. The van der Waals surface area contributed by atoms with Gasteiger partial charge in [-0.1, -0.05) is 12.1 Å². The number of pyridine rings is 1. The summed E-state index contributed by atoms with van der Waals surface area (Å²) in [5, 5.41) is 0. The van der Waals surface area contributed by atoms with Crippen molar-refractivity contribution in [1.82, 2.24) is 9.38 Å². The van der Waals surface area contributed by atoms with E-state index >= 15 is 0 Å². The first-order valence-electron chi connectivity index (χ1n) is 7.97. The second kappa shape index (κ2) is 7.63. The molecule has 144 valence electrons. The van der Waals surface area contributed by atoms with Crippen LogP contribution in [0.2, 0.25) is 0 Å². The summed E-state index contributed by atoms with van der Waals surface area (Å²) in [5.41, 5.74) is 1.36. The molecule has 3 rings (SSSR count). The zero-order valence-electron chi connectivity index (χ0n) is 14.6. The summed E-state index contributed by atoms with van der Waals surface area (Å²) in [7, 11) is 0. The van der Waals surface area contributed by atoms with Crippen LogP contribution in [0.4, 0.5) is 17.6 Å². The van der Waals surface area contributed by atoms with Crippen LogP contribution in [-0.2, 0) is 6.18 Å². The maximum atomic E-state index is 13.2. The summed E-state index contributed by atoms with van der Waals surface area (Å²) >= 11 is 0. The Balaban J connectivity index is 1.89. The van der Waals surface area contributed by atoms with E-state index in [1.165, 1.54) is 36.7 Å². The lowest BCUT2D eigenvalue weighted by Gasteiger charge is -2.07. The molecule has 0 aliphatic rings. The van der Waals surface area contributed by atoms with E-state index < -0.39 is 17.8 Å². The second-order valence-electron chi connectivity index (χ2n) is 5.73. The van der Waals surface area contributed by atoms with Crippen molar-refractivity contribution in [1.29, 1.82) is 0 Å². The number of ether oxygens (including phenoxy) is 1. The molecule has 2 heterocycles. The number of aromatic nitrogens is 2. The van der Waals surface area contributed by atoms with Crippen molar-refractivity contribution in [3.8, 4) is 5.75 Å². The van der Waals surface area contributed by atoms with Crippen LogP contribution < -0.4 is 4.74 Å². The first-order chi connectivity index (χ1) is 13.3. The quantitative estimate of drug-likeness (QED) is 0.359. The Bertz CT molecular complexity index is 1080. The summed E-state index contributed by atoms with van der Waals surface area (Å²) in [6.45, 7) is 5.00. The molecule has 0 fully saturated rings. The summed E-state index contributed by atoms with van der Waals surface area (Å²) < 4.78 is 58.6. The van der Waals surface area contributed by atoms with Crippen LogP contribution in [0.3, 0.4) is 0 Å². The summed E-state index contributed by atoms with van der Waals surface area (Å²) in [6.07, 6.45) is -0.731. The molecular weight excluding hydrogens is 376 g/mol. The van der Waals surface area contributed by atoms with Gasteiger partial charge in [-0.05, 0) is 43.0 Å². The lowest BCUT2D eigenvalue weighted by molar-refractivity contribution is -0.145. The Morgan fingerprint density at radius 3 is 2.71 bits per heavy atom. The molecule has 0 aliphatic heterocycles. The molecule has 1 aromatic carbocycles. The van der Waals surface area contributed by atoms with Gasteiger partial charge in [0.1, 0.15) is 11.6 Å². The third kappa shape index (κ3) is 4.25. The molecule has 0 unspecified atom stereocenters. The number of hydrogen-bond acceptors (Lipinski definition) is 3. The van der Waals surface area contributed by atoms with Crippen molar-refractivity contribution in [3.63, 3.8) is 0 Å². The SMILES string of the molecule is C=NC(=N/C=C(\C)c1ccc2cnc(C(F)(F)F)n2c1)Oc1cccc(F)c1. The van der Waals surface area contributed by atoms with E-state index in [0.29, 0.717) is 16.7 Å². The molecule has 0 saturated carbocycles. The molecule has 0 atom stereocenters. The van der Waals surface area contributed by atoms with Gasteiger partial charge in [0.15, 0.2) is 0 Å². The van der Waals surface area contributed by atoms with Gasteiger partial charge in [0, 0.05) is 18.5 Å². The van der Waals surface area contributed by atoms with Crippen LogP contribution in [0.25, 0.3) is 11.1 Å². The lowest BCUT2D eigenvalue weighted by Crippen LogP contribution is -2.10. The maximum absolute atomic E-state index is 13.2. The van der Waals surface area contributed by atoms with Gasteiger partial charge in [-0.3, -0.25) is 4.40 Å². The Morgan fingerprint density at radius 1 is 1.25 bits per heavy atom. The van der Waals surface area contributed by atoms with Crippen molar-refractivity contribution < 1.29 is 22.3 Å². The van der Waals surface area contributed by atoms with Crippen molar-refractivity contribution in [3.05, 3.63) is 72.2 Å². The molecule has 0 bridgehead atoms.